The molecule has 34 heteroatoms. The summed E-state index contributed by atoms with van der Waals surface area (Å²) in [5, 5.41) is 30.1. The van der Waals surface area contributed by atoms with Crippen LogP contribution in [0.4, 0.5) is 23.8 Å². The van der Waals surface area contributed by atoms with Crippen LogP contribution in [-0.2, 0) is 85.3 Å². The van der Waals surface area contributed by atoms with Crippen molar-refractivity contribution >= 4 is 107 Å². The number of rotatable bonds is 15. The molecule has 0 saturated heterocycles. The highest BCUT2D eigenvalue weighted by Gasteiger charge is 2.40. The Kier molecular flexibility index (Phi) is 23.0. The number of sulfone groups is 4. The van der Waals surface area contributed by atoms with Crippen LogP contribution in [0.15, 0.2) is 129 Å². The maximum atomic E-state index is 12.2. The second kappa shape index (κ2) is 32.0. The third-order valence-corrected chi connectivity index (χ3v) is 26.0. The topological polar surface area (TPSA) is 372 Å². The van der Waals surface area contributed by atoms with Crippen molar-refractivity contribution in [2.24, 2.45) is 23.7 Å². The van der Waals surface area contributed by atoms with Gasteiger partial charge in [-0.05, 0) is 147 Å². The zero-order valence-corrected chi connectivity index (χ0v) is 70.3. The van der Waals surface area contributed by atoms with Gasteiger partial charge in [-0.3, -0.25) is 0 Å². The minimum Gasteiger partial charge on any atom is -0.392 e. The highest BCUT2D eigenvalue weighted by atomic mass is 32.2. The van der Waals surface area contributed by atoms with Gasteiger partial charge in [0.25, 0.3) is 0 Å². The molecule has 114 heavy (non-hydrogen) atoms. The zero-order chi connectivity index (χ0) is 82.1. The average molecular weight is 1630 g/mol. The lowest BCUT2D eigenvalue weighted by Crippen LogP contribution is -2.41. The Morgan fingerprint density at radius 1 is 0.342 bits per heavy atom. The first kappa shape index (κ1) is 82.0. The summed E-state index contributed by atoms with van der Waals surface area (Å²) in [5.41, 5.74) is 11.3. The fourth-order valence-electron chi connectivity index (χ4n) is 16.2. The molecule has 0 fully saturated rings. The lowest BCUT2D eigenvalue weighted by molar-refractivity contribution is 0.278. The summed E-state index contributed by atoms with van der Waals surface area (Å²) >= 11 is 0. The van der Waals surface area contributed by atoms with Crippen molar-refractivity contribution in [1.29, 1.82) is 0 Å². The molecule has 16 rings (SSSR count). The first-order valence-electron chi connectivity index (χ1n) is 38.0. The van der Waals surface area contributed by atoms with Gasteiger partial charge in [0.2, 0.25) is 23.8 Å². The normalized spacial score (nSPS) is 17.3. The van der Waals surface area contributed by atoms with Crippen molar-refractivity contribution in [3.8, 4) is 0 Å². The molecule has 30 nitrogen and oxygen atoms in total. The molecule has 0 amide bonds. The van der Waals surface area contributed by atoms with Crippen molar-refractivity contribution < 1.29 is 49.0 Å². The monoisotopic (exact) mass is 1630 g/mol. The van der Waals surface area contributed by atoms with Gasteiger partial charge in [-0.15, -0.1) is 0 Å². The molecule has 0 radical (unpaired) electrons. The van der Waals surface area contributed by atoms with Crippen LogP contribution in [0.25, 0.3) is 44.0 Å². The Bertz CT molecular complexity index is 5720. The van der Waals surface area contributed by atoms with E-state index < -0.39 is 39.3 Å². The van der Waals surface area contributed by atoms with E-state index in [4.69, 9.17) is 15.0 Å². The van der Waals surface area contributed by atoms with Gasteiger partial charge in [0.05, 0.1) is 96.7 Å². The molecule has 4 aliphatic heterocycles. The largest absolute Gasteiger partial charge is 0.392 e. The molecule has 0 spiro atoms. The van der Waals surface area contributed by atoms with Gasteiger partial charge in [-0.1, -0.05) is 61.5 Å². The average Bonchev–Trinajstić information content (AvgIpc) is 1.60. The van der Waals surface area contributed by atoms with E-state index in [1.54, 1.807) is 73.3 Å². The summed E-state index contributed by atoms with van der Waals surface area (Å²) in [4.78, 5) is 60.4. The number of imidazole rings is 3. The van der Waals surface area contributed by atoms with E-state index in [9.17, 15) is 49.0 Å². The summed E-state index contributed by atoms with van der Waals surface area (Å²) in [7, 11) is -13.6. The van der Waals surface area contributed by atoms with Gasteiger partial charge in [0.1, 0.15) is 17.5 Å². The summed E-state index contributed by atoms with van der Waals surface area (Å²) in [6.07, 6.45) is 11.8. The van der Waals surface area contributed by atoms with Crippen LogP contribution in [-0.4, -0.2) is 173 Å². The van der Waals surface area contributed by atoms with Crippen LogP contribution in [0.1, 0.15) is 142 Å². The van der Waals surface area contributed by atoms with E-state index in [1.165, 1.54) is 11.9 Å². The van der Waals surface area contributed by atoms with E-state index in [0.717, 1.165) is 106 Å². The first-order valence-corrected chi connectivity index (χ1v) is 45.5. The van der Waals surface area contributed by atoms with Crippen LogP contribution in [0, 0.1) is 51.4 Å². The number of benzene rings is 4. The Labute approximate surface area is 664 Å². The Hall–Kier alpha value is -9.97. The van der Waals surface area contributed by atoms with Crippen molar-refractivity contribution in [2.75, 3.05) is 70.8 Å². The number of nitrogens with zero attached hydrogens (tertiary/aromatic N) is 19. The number of anilines is 4. The molecule has 4 aromatic carbocycles. The number of aliphatic hydroxyl groups excluding tert-OH is 3. The van der Waals surface area contributed by atoms with Gasteiger partial charge in [-0.25, -0.2) is 88.5 Å². The van der Waals surface area contributed by atoms with Crippen molar-refractivity contribution in [2.45, 2.75) is 173 Å². The summed E-state index contributed by atoms with van der Waals surface area (Å²) in [6, 6.07) is 25.1. The van der Waals surface area contributed by atoms with Crippen LogP contribution in [0.5, 0.6) is 0 Å². The fraction of sp³-hybridized carbons (Fsp3) is 0.438. The molecule has 8 aromatic heterocycles. The molecule has 12 heterocycles. The van der Waals surface area contributed by atoms with Crippen LogP contribution >= 0.6 is 0 Å². The number of aromatic nitrogens is 15. The SMILES string of the molecule is Cc1ccnc(N2CCn3c(cc4ccc(S(C)(=O)=O)cc43)[C@H]2C(C)C)n1.Cc1ccnc(N2CCn3c(nc4cc(CO)c(S(C)(=O)=O)cc43)C2C(C)C)n1.Cc1ccnc(N2CCn3c(nc4cc(CO)c(S(C)(=O)=O)cc43)[C@@H]2C(C)C)n1.Cc1ccnc(N2CCn3c(nc4cc(CO)c(S(C)(=O)=O)cc43)[C@H]2C(C)C)n1. The third kappa shape index (κ3) is 16.3. The van der Waals surface area contributed by atoms with Gasteiger partial charge >= 0.3 is 0 Å². The van der Waals surface area contributed by atoms with Gasteiger partial charge in [0, 0.05) is 142 Å². The molecule has 4 aliphatic rings. The number of aryl methyl sites for hydroxylation is 4. The Morgan fingerprint density at radius 3 is 0.895 bits per heavy atom. The van der Waals surface area contributed by atoms with E-state index in [0.29, 0.717) is 101 Å². The second-order valence-corrected chi connectivity index (χ2v) is 39.2. The molecule has 12 aromatic rings. The van der Waals surface area contributed by atoms with E-state index >= 15 is 0 Å². The van der Waals surface area contributed by atoms with Gasteiger partial charge in [0.15, 0.2) is 39.3 Å². The van der Waals surface area contributed by atoms with E-state index in [2.05, 4.69) is 139 Å². The maximum absolute atomic E-state index is 12.2. The number of hydrogen-bond donors (Lipinski definition) is 3. The quantitative estimate of drug-likeness (QED) is 0.0858. The standard InChI is InChI=1S/3C20H25N5O3S.C20H24N4O2S/c3*1-12(2)18-19-23-15-9-14(11-26)17(29(4,27)28)10-16(15)24(19)7-8-25(18)20-21-6-5-13(3)22-20;1-13(2)19-18-11-15-5-6-16(27(4,25)26)12-17(15)23(18)9-10-24(19)20-21-8-7-14(3)22-20/h3*5-6,9-10,12,18,26H,7-8,11H2,1-4H3;5-8,11-13,19H,9-10H2,1-4H3/t2*18-;;19-/m10.1/s1. The summed E-state index contributed by atoms with van der Waals surface area (Å²) in [5.74, 6) is 6.43. The lowest BCUT2D eigenvalue weighted by atomic mass is 9.97. The Morgan fingerprint density at radius 2 is 0.632 bits per heavy atom. The highest BCUT2D eigenvalue weighted by molar-refractivity contribution is 7.91. The predicted molar refractivity (Wildman–Crippen MR) is 438 cm³/mol. The zero-order valence-electron chi connectivity index (χ0n) is 67.0. The smallest absolute Gasteiger partial charge is 0.226 e. The van der Waals surface area contributed by atoms with Gasteiger partial charge in [-0.2, -0.15) is 0 Å². The number of fused-ring (bicyclic) bond motifs is 12. The summed E-state index contributed by atoms with van der Waals surface area (Å²) in [6.45, 7) is 29.5. The molecular weight excluding hydrogens is 1530 g/mol. The Balaban J connectivity index is 0.000000133. The van der Waals surface area contributed by atoms with Crippen LogP contribution in [0.3, 0.4) is 0 Å². The lowest BCUT2D eigenvalue weighted by Gasteiger charge is -2.39. The van der Waals surface area contributed by atoms with Gasteiger partial charge < -0.3 is 53.2 Å². The molecule has 0 saturated carbocycles. The van der Waals surface area contributed by atoms with E-state index in [-0.39, 0.29) is 76.4 Å². The number of hydrogen-bond acceptors (Lipinski definition) is 26. The molecule has 604 valence electrons. The fourth-order valence-corrected chi connectivity index (χ4v) is 19.7. The van der Waals surface area contributed by atoms with Crippen molar-refractivity contribution in [3.05, 3.63) is 172 Å². The molecule has 0 bridgehead atoms. The van der Waals surface area contributed by atoms with E-state index in [1.807, 2.05) is 58.0 Å². The third-order valence-electron chi connectivity index (χ3n) is 21.3. The molecule has 4 atom stereocenters. The second-order valence-electron chi connectivity index (χ2n) is 31.2. The molecular formula is C80H99N19O11S4. The molecule has 1 unspecified atom stereocenters. The minimum absolute atomic E-state index is 0.0442. The number of aliphatic hydroxyl groups is 3. The molecule has 3 N–H and O–H groups in total. The highest BCUT2D eigenvalue weighted by Crippen LogP contribution is 2.43. The first-order chi connectivity index (χ1) is 53.9. The van der Waals surface area contributed by atoms with Crippen molar-refractivity contribution in [1.82, 2.24) is 73.1 Å². The van der Waals surface area contributed by atoms with Crippen LogP contribution in [0.2, 0.25) is 0 Å². The molecule has 0 aliphatic carbocycles. The predicted octanol–water partition coefficient (Wildman–Crippen LogP) is 10.1. The minimum atomic E-state index is -3.46. The summed E-state index contributed by atoms with van der Waals surface area (Å²) < 4.78 is 106. The maximum Gasteiger partial charge on any atom is 0.226 e. The van der Waals surface area contributed by atoms with Crippen LogP contribution < -0.4 is 19.6 Å². The van der Waals surface area contributed by atoms with Crippen molar-refractivity contribution in [3.63, 3.8) is 0 Å².